The van der Waals surface area contributed by atoms with Gasteiger partial charge in [-0.15, -0.1) is 11.3 Å². The van der Waals surface area contributed by atoms with Crippen LogP contribution in [0.3, 0.4) is 0 Å². The van der Waals surface area contributed by atoms with Crippen molar-refractivity contribution in [1.29, 1.82) is 0 Å². The molecule has 0 saturated heterocycles. The summed E-state index contributed by atoms with van der Waals surface area (Å²) in [6.07, 6.45) is 3.14. The van der Waals surface area contributed by atoms with E-state index in [1.807, 2.05) is 30.3 Å². The number of benzene rings is 1. The average molecular weight is 353 g/mol. The van der Waals surface area contributed by atoms with Gasteiger partial charge in [0.25, 0.3) is 5.91 Å². The Morgan fingerprint density at radius 2 is 1.80 bits per heavy atom. The molecule has 0 radical (unpaired) electrons. The summed E-state index contributed by atoms with van der Waals surface area (Å²) >= 11 is 1.25. The molecule has 1 aromatic carbocycles. The number of anilines is 1. The van der Waals surface area contributed by atoms with E-state index in [1.54, 1.807) is 11.4 Å². The van der Waals surface area contributed by atoms with Gasteiger partial charge in [-0.1, -0.05) is 30.3 Å². The van der Waals surface area contributed by atoms with Gasteiger partial charge in [-0.3, -0.25) is 14.9 Å². The van der Waals surface area contributed by atoms with Crippen molar-refractivity contribution in [3.8, 4) is 0 Å². The molecule has 0 atom stereocenters. The molecule has 2 heterocycles. The Morgan fingerprint density at radius 3 is 2.56 bits per heavy atom. The summed E-state index contributed by atoms with van der Waals surface area (Å²) in [5.74, 6) is -0.492. The second kappa shape index (κ2) is 8.11. The largest absolute Gasteiger partial charge is 0.352 e. The van der Waals surface area contributed by atoms with Crippen LogP contribution >= 0.6 is 11.3 Å². The van der Waals surface area contributed by atoms with E-state index in [2.05, 4.69) is 25.6 Å². The smallest absolute Gasteiger partial charge is 0.295 e. The van der Waals surface area contributed by atoms with Crippen molar-refractivity contribution in [2.45, 2.75) is 13.0 Å². The summed E-state index contributed by atoms with van der Waals surface area (Å²) in [7, 11) is 0. The maximum absolute atomic E-state index is 12.0. The quantitative estimate of drug-likeness (QED) is 0.707. The normalized spacial score (nSPS) is 10.2. The fourth-order valence-electron chi connectivity index (χ4n) is 2.04. The summed E-state index contributed by atoms with van der Waals surface area (Å²) in [6.45, 7) is 0.471. The molecule has 2 N–H and O–H groups in total. The molecule has 7 nitrogen and oxygen atoms in total. The van der Waals surface area contributed by atoms with Crippen LogP contribution in [0.4, 0.5) is 5.13 Å². The van der Waals surface area contributed by atoms with Crippen LogP contribution in [0.15, 0.2) is 54.2 Å². The molecule has 25 heavy (non-hydrogen) atoms. The van der Waals surface area contributed by atoms with Crippen LogP contribution in [-0.2, 0) is 17.8 Å². The molecule has 3 rings (SSSR count). The van der Waals surface area contributed by atoms with Crippen LogP contribution in [0.5, 0.6) is 0 Å². The third-order valence-corrected chi connectivity index (χ3v) is 4.02. The lowest BCUT2D eigenvalue weighted by Crippen LogP contribution is -2.24. The number of nitrogens with one attached hydrogen (secondary N) is 2. The minimum Gasteiger partial charge on any atom is -0.352 e. The highest BCUT2D eigenvalue weighted by molar-refractivity contribution is 7.14. The van der Waals surface area contributed by atoms with E-state index >= 15 is 0 Å². The molecule has 3 aromatic rings. The highest BCUT2D eigenvalue weighted by Crippen LogP contribution is 2.16. The van der Waals surface area contributed by atoms with Gasteiger partial charge in [-0.05, 0) is 11.6 Å². The van der Waals surface area contributed by atoms with Crippen LogP contribution < -0.4 is 10.6 Å². The van der Waals surface area contributed by atoms with Crippen molar-refractivity contribution < 1.29 is 9.59 Å². The maximum atomic E-state index is 12.0. The number of rotatable bonds is 6. The van der Waals surface area contributed by atoms with Gasteiger partial charge in [0.15, 0.2) is 5.13 Å². The molecule has 0 saturated carbocycles. The zero-order valence-electron chi connectivity index (χ0n) is 13.2. The van der Waals surface area contributed by atoms with Gasteiger partial charge in [-0.2, -0.15) is 0 Å². The first-order valence-corrected chi connectivity index (χ1v) is 8.42. The van der Waals surface area contributed by atoms with E-state index in [-0.39, 0.29) is 18.2 Å². The molecule has 0 aliphatic rings. The summed E-state index contributed by atoms with van der Waals surface area (Å²) in [4.78, 5) is 35.9. The lowest BCUT2D eigenvalue weighted by molar-refractivity contribution is -0.120. The number of amides is 2. The monoisotopic (exact) mass is 353 g/mol. The molecule has 2 aromatic heterocycles. The number of aromatic nitrogens is 3. The van der Waals surface area contributed by atoms with Crippen molar-refractivity contribution >= 4 is 28.3 Å². The van der Waals surface area contributed by atoms with Gasteiger partial charge in [-0.25, -0.2) is 15.0 Å². The van der Waals surface area contributed by atoms with E-state index in [9.17, 15) is 9.59 Å². The Kier molecular flexibility index (Phi) is 5.43. The topological polar surface area (TPSA) is 96.9 Å². The first kappa shape index (κ1) is 16.7. The van der Waals surface area contributed by atoms with Gasteiger partial charge in [0.2, 0.25) is 11.7 Å². The Bertz CT molecular complexity index is 852. The minimum absolute atomic E-state index is 0.0693. The van der Waals surface area contributed by atoms with Gasteiger partial charge >= 0.3 is 0 Å². The van der Waals surface area contributed by atoms with Gasteiger partial charge in [0, 0.05) is 24.3 Å². The fraction of sp³-hybridized carbons (Fsp3) is 0.118. The van der Waals surface area contributed by atoms with Crippen LogP contribution in [0.25, 0.3) is 0 Å². The third kappa shape index (κ3) is 4.92. The van der Waals surface area contributed by atoms with E-state index in [0.29, 0.717) is 17.4 Å². The predicted octanol–water partition coefficient (Wildman–Crippen LogP) is 2.04. The van der Waals surface area contributed by atoms with E-state index in [1.165, 1.54) is 23.7 Å². The molecule has 126 valence electrons. The van der Waals surface area contributed by atoms with Crippen molar-refractivity contribution in [1.82, 2.24) is 20.3 Å². The van der Waals surface area contributed by atoms with Crippen molar-refractivity contribution in [2.75, 3.05) is 5.32 Å². The Labute approximate surface area is 148 Å². The molecule has 0 unspecified atom stereocenters. The minimum atomic E-state index is -0.435. The standard InChI is InChI=1S/C17H15N5O2S/c23-14(20-10-12-5-2-1-3-6-12)9-13-11-25-17(21-13)22-16(24)15-18-7-4-8-19-15/h1-8,11H,9-10H2,(H,20,23)(H,21,22,24). The van der Waals surface area contributed by atoms with Crippen LogP contribution in [0.1, 0.15) is 21.9 Å². The second-order valence-corrected chi connectivity index (χ2v) is 5.97. The lowest BCUT2D eigenvalue weighted by atomic mass is 10.2. The number of carbonyl (C=O) groups is 2. The van der Waals surface area contributed by atoms with Crippen molar-refractivity contribution in [3.05, 3.63) is 71.3 Å². The zero-order chi connectivity index (χ0) is 17.5. The molecular formula is C17H15N5O2S. The van der Waals surface area contributed by atoms with Gasteiger partial charge in [0.1, 0.15) is 0 Å². The summed E-state index contributed by atoms with van der Waals surface area (Å²) in [5, 5.41) is 7.61. The molecule has 8 heteroatoms. The third-order valence-electron chi connectivity index (χ3n) is 3.22. The molecule has 0 aliphatic heterocycles. The highest BCUT2D eigenvalue weighted by atomic mass is 32.1. The van der Waals surface area contributed by atoms with Gasteiger partial charge < -0.3 is 5.32 Å². The zero-order valence-corrected chi connectivity index (χ0v) is 14.0. The molecular weight excluding hydrogens is 338 g/mol. The van der Waals surface area contributed by atoms with Crippen molar-refractivity contribution in [3.63, 3.8) is 0 Å². The SMILES string of the molecule is O=C(Cc1csc(NC(=O)c2ncccn2)n1)NCc1ccccc1. The summed E-state index contributed by atoms with van der Waals surface area (Å²) in [5.41, 5.74) is 1.63. The number of carbonyl (C=O) groups excluding carboxylic acids is 2. The van der Waals surface area contributed by atoms with Crippen LogP contribution in [0.2, 0.25) is 0 Å². The average Bonchev–Trinajstić information content (AvgIpc) is 3.08. The second-order valence-electron chi connectivity index (χ2n) is 5.11. The first-order valence-electron chi connectivity index (χ1n) is 7.54. The van der Waals surface area contributed by atoms with E-state index < -0.39 is 5.91 Å². The Balaban J connectivity index is 1.51. The lowest BCUT2D eigenvalue weighted by Gasteiger charge is -2.04. The summed E-state index contributed by atoms with van der Waals surface area (Å²) < 4.78 is 0. The number of hydrogen-bond donors (Lipinski definition) is 2. The number of hydrogen-bond acceptors (Lipinski definition) is 6. The molecule has 0 spiro atoms. The molecule has 0 bridgehead atoms. The Morgan fingerprint density at radius 1 is 1.04 bits per heavy atom. The first-order chi connectivity index (χ1) is 12.2. The van der Waals surface area contributed by atoms with Crippen molar-refractivity contribution in [2.24, 2.45) is 0 Å². The van der Waals surface area contributed by atoms with Crippen LogP contribution in [-0.4, -0.2) is 26.8 Å². The molecule has 0 aliphatic carbocycles. The van der Waals surface area contributed by atoms with Crippen LogP contribution in [0, 0.1) is 0 Å². The number of nitrogens with zero attached hydrogens (tertiary/aromatic N) is 3. The highest BCUT2D eigenvalue weighted by Gasteiger charge is 2.12. The summed E-state index contributed by atoms with van der Waals surface area (Å²) in [6, 6.07) is 11.3. The Hall–Kier alpha value is -3.13. The maximum Gasteiger partial charge on any atom is 0.295 e. The molecule has 2 amide bonds. The van der Waals surface area contributed by atoms with E-state index in [0.717, 1.165) is 5.56 Å². The fourth-order valence-corrected chi connectivity index (χ4v) is 2.74. The predicted molar refractivity (Wildman–Crippen MR) is 94.1 cm³/mol. The van der Waals surface area contributed by atoms with Gasteiger partial charge in [0.05, 0.1) is 12.1 Å². The molecule has 0 fully saturated rings. The van der Waals surface area contributed by atoms with E-state index in [4.69, 9.17) is 0 Å². The number of thiazole rings is 1.